The molecule has 1 atom stereocenters. The molecule has 0 aliphatic carbocycles. The summed E-state index contributed by atoms with van der Waals surface area (Å²) in [5.74, 6) is 1.63. The van der Waals surface area contributed by atoms with Crippen LogP contribution in [0, 0.1) is 11.3 Å². The second kappa shape index (κ2) is 9.22. The predicted molar refractivity (Wildman–Crippen MR) is 79.9 cm³/mol. The topological polar surface area (TPSA) is 68.3 Å². The van der Waals surface area contributed by atoms with Gasteiger partial charge in [-0.1, -0.05) is 13.0 Å². The average Bonchev–Trinajstić information content (AvgIpc) is 2.43. The summed E-state index contributed by atoms with van der Waals surface area (Å²) in [6.45, 7) is 5.28. The van der Waals surface area contributed by atoms with Crippen molar-refractivity contribution in [3.8, 4) is 17.6 Å². The molecule has 1 aromatic rings. The number of nitrogens with two attached hydrogens (primary N) is 1. The zero-order valence-electron chi connectivity index (χ0n) is 12.4. The number of ether oxygens (including phenoxy) is 2. The monoisotopic (exact) mass is 276 g/mol. The van der Waals surface area contributed by atoms with E-state index in [9.17, 15) is 0 Å². The van der Waals surface area contributed by atoms with Crippen LogP contribution in [0.5, 0.6) is 11.5 Å². The van der Waals surface area contributed by atoms with Crippen LogP contribution in [0.3, 0.4) is 0 Å². The van der Waals surface area contributed by atoms with Gasteiger partial charge < -0.3 is 15.2 Å². The van der Waals surface area contributed by atoms with Crippen LogP contribution in [-0.2, 0) is 6.42 Å². The van der Waals surface area contributed by atoms with Crippen molar-refractivity contribution in [1.82, 2.24) is 0 Å². The molecule has 0 heterocycles. The molecule has 2 N–H and O–H groups in total. The van der Waals surface area contributed by atoms with Crippen molar-refractivity contribution in [2.45, 2.75) is 45.6 Å². The summed E-state index contributed by atoms with van der Waals surface area (Å²) in [6, 6.07) is 8.08. The predicted octanol–water partition coefficient (Wildman–Crippen LogP) is 3.05. The Balaban J connectivity index is 2.74. The standard InChI is InChI=1S/C16H24N2O2/c1-3-9-19-15-7-6-14(11-13(2)18)16(12-15)20-10-5-4-8-17/h6-7,12-13H,3-5,9-11,18H2,1-2H3. The summed E-state index contributed by atoms with van der Waals surface area (Å²) < 4.78 is 11.4. The lowest BCUT2D eigenvalue weighted by molar-refractivity contribution is 0.296. The van der Waals surface area contributed by atoms with Gasteiger partial charge in [0.05, 0.1) is 19.3 Å². The number of nitrogens with zero attached hydrogens (tertiary/aromatic N) is 1. The van der Waals surface area contributed by atoms with Crippen molar-refractivity contribution in [2.75, 3.05) is 13.2 Å². The van der Waals surface area contributed by atoms with Gasteiger partial charge in [-0.25, -0.2) is 0 Å². The van der Waals surface area contributed by atoms with Crippen molar-refractivity contribution in [3.05, 3.63) is 23.8 Å². The van der Waals surface area contributed by atoms with E-state index in [1.165, 1.54) is 0 Å². The Morgan fingerprint density at radius 1 is 1.30 bits per heavy atom. The zero-order valence-corrected chi connectivity index (χ0v) is 12.4. The molecule has 0 aromatic heterocycles. The Morgan fingerprint density at radius 3 is 2.75 bits per heavy atom. The fourth-order valence-corrected chi connectivity index (χ4v) is 1.83. The first-order valence-corrected chi connectivity index (χ1v) is 7.18. The van der Waals surface area contributed by atoms with E-state index >= 15 is 0 Å². The van der Waals surface area contributed by atoms with Gasteiger partial charge in [0.2, 0.25) is 0 Å². The van der Waals surface area contributed by atoms with E-state index < -0.39 is 0 Å². The molecule has 0 amide bonds. The fourth-order valence-electron chi connectivity index (χ4n) is 1.83. The van der Waals surface area contributed by atoms with Crippen molar-refractivity contribution >= 4 is 0 Å². The molecule has 0 saturated heterocycles. The zero-order chi connectivity index (χ0) is 14.8. The van der Waals surface area contributed by atoms with Crippen LogP contribution >= 0.6 is 0 Å². The van der Waals surface area contributed by atoms with Crippen LogP contribution in [0.15, 0.2) is 18.2 Å². The van der Waals surface area contributed by atoms with E-state index in [-0.39, 0.29) is 6.04 Å². The van der Waals surface area contributed by atoms with E-state index in [4.69, 9.17) is 20.5 Å². The van der Waals surface area contributed by atoms with Gasteiger partial charge in [-0.15, -0.1) is 0 Å². The van der Waals surface area contributed by atoms with Crippen LogP contribution in [-0.4, -0.2) is 19.3 Å². The number of hydrogen-bond donors (Lipinski definition) is 1. The molecule has 20 heavy (non-hydrogen) atoms. The highest BCUT2D eigenvalue weighted by Gasteiger charge is 2.08. The first kappa shape index (κ1) is 16.3. The second-order valence-electron chi connectivity index (χ2n) is 4.91. The first-order chi connectivity index (χ1) is 9.67. The molecule has 1 rings (SSSR count). The Morgan fingerprint density at radius 2 is 2.10 bits per heavy atom. The number of rotatable bonds is 9. The summed E-state index contributed by atoms with van der Waals surface area (Å²) in [4.78, 5) is 0. The normalized spacial score (nSPS) is 11.7. The quantitative estimate of drug-likeness (QED) is 0.704. The van der Waals surface area contributed by atoms with E-state index in [2.05, 4.69) is 13.0 Å². The van der Waals surface area contributed by atoms with Crippen LogP contribution in [0.2, 0.25) is 0 Å². The molecule has 0 bridgehead atoms. The Labute approximate surface area is 121 Å². The molecule has 110 valence electrons. The molecule has 0 saturated carbocycles. The van der Waals surface area contributed by atoms with Crippen LogP contribution in [0.25, 0.3) is 0 Å². The SMILES string of the molecule is CCCOc1ccc(CC(C)N)c(OCCCC#N)c1. The average molecular weight is 276 g/mol. The second-order valence-corrected chi connectivity index (χ2v) is 4.91. The lowest BCUT2D eigenvalue weighted by Crippen LogP contribution is -2.18. The summed E-state index contributed by atoms with van der Waals surface area (Å²) in [5, 5.41) is 8.54. The largest absolute Gasteiger partial charge is 0.493 e. The molecule has 0 spiro atoms. The molecule has 4 nitrogen and oxygen atoms in total. The van der Waals surface area contributed by atoms with Crippen molar-refractivity contribution < 1.29 is 9.47 Å². The first-order valence-electron chi connectivity index (χ1n) is 7.18. The number of unbranched alkanes of at least 4 members (excludes halogenated alkanes) is 1. The maximum absolute atomic E-state index is 8.54. The molecule has 1 aromatic carbocycles. The molecule has 1 unspecified atom stereocenters. The maximum Gasteiger partial charge on any atom is 0.126 e. The molecule has 0 aliphatic rings. The van der Waals surface area contributed by atoms with Crippen molar-refractivity contribution in [2.24, 2.45) is 5.73 Å². The number of nitriles is 1. The maximum atomic E-state index is 8.54. The lowest BCUT2D eigenvalue weighted by Gasteiger charge is -2.15. The summed E-state index contributed by atoms with van der Waals surface area (Å²) in [7, 11) is 0. The van der Waals surface area contributed by atoms with E-state index in [0.717, 1.165) is 36.3 Å². The number of hydrogen-bond acceptors (Lipinski definition) is 4. The van der Waals surface area contributed by atoms with Crippen molar-refractivity contribution in [3.63, 3.8) is 0 Å². The highest BCUT2D eigenvalue weighted by molar-refractivity contribution is 5.41. The smallest absolute Gasteiger partial charge is 0.126 e. The van der Waals surface area contributed by atoms with Crippen LogP contribution < -0.4 is 15.2 Å². The minimum absolute atomic E-state index is 0.0823. The van der Waals surface area contributed by atoms with Crippen LogP contribution in [0.4, 0.5) is 0 Å². The molecular formula is C16H24N2O2. The van der Waals surface area contributed by atoms with Crippen LogP contribution in [0.1, 0.15) is 38.7 Å². The molecule has 4 heteroatoms. The van der Waals surface area contributed by atoms with Gasteiger partial charge >= 0.3 is 0 Å². The lowest BCUT2D eigenvalue weighted by atomic mass is 10.1. The van der Waals surface area contributed by atoms with Gasteiger partial charge in [0.15, 0.2) is 0 Å². The minimum Gasteiger partial charge on any atom is -0.493 e. The van der Waals surface area contributed by atoms with Gasteiger partial charge in [0.1, 0.15) is 11.5 Å². The van der Waals surface area contributed by atoms with Gasteiger partial charge in [0.25, 0.3) is 0 Å². The summed E-state index contributed by atoms with van der Waals surface area (Å²) in [6.07, 6.45) is 2.98. The van der Waals surface area contributed by atoms with E-state index in [1.54, 1.807) is 0 Å². The highest BCUT2D eigenvalue weighted by Crippen LogP contribution is 2.26. The van der Waals surface area contributed by atoms with E-state index in [0.29, 0.717) is 19.6 Å². The summed E-state index contributed by atoms with van der Waals surface area (Å²) >= 11 is 0. The third kappa shape index (κ3) is 5.94. The molecule has 0 fully saturated rings. The Bertz CT molecular complexity index is 439. The fraction of sp³-hybridized carbons (Fsp3) is 0.562. The Hall–Kier alpha value is -1.73. The minimum atomic E-state index is 0.0823. The van der Waals surface area contributed by atoms with E-state index in [1.807, 2.05) is 25.1 Å². The van der Waals surface area contributed by atoms with Gasteiger partial charge in [0, 0.05) is 18.5 Å². The number of benzene rings is 1. The third-order valence-corrected chi connectivity index (χ3v) is 2.74. The van der Waals surface area contributed by atoms with Gasteiger partial charge in [-0.3, -0.25) is 0 Å². The Kier molecular flexibility index (Phi) is 7.52. The van der Waals surface area contributed by atoms with Crippen molar-refractivity contribution in [1.29, 1.82) is 5.26 Å². The van der Waals surface area contributed by atoms with Gasteiger partial charge in [-0.2, -0.15) is 5.26 Å². The molecule has 0 radical (unpaired) electrons. The molecule has 0 aliphatic heterocycles. The highest BCUT2D eigenvalue weighted by atomic mass is 16.5. The molecular weight excluding hydrogens is 252 g/mol. The summed E-state index contributed by atoms with van der Waals surface area (Å²) in [5.41, 5.74) is 6.94. The third-order valence-electron chi connectivity index (χ3n) is 2.74. The van der Waals surface area contributed by atoms with Gasteiger partial charge in [-0.05, 0) is 37.8 Å².